The molecule has 0 unspecified atom stereocenters. The number of nitrogens with one attached hydrogen (secondary N) is 2. The van der Waals surface area contributed by atoms with Gasteiger partial charge >= 0.3 is 0 Å². The highest BCUT2D eigenvalue weighted by Crippen LogP contribution is 2.17. The molecule has 0 aliphatic heterocycles. The molecule has 0 aliphatic carbocycles. The Morgan fingerprint density at radius 1 is 0.759 bits per heavy atom. The van der Waals surface area contributed by atoms with Gasteiger partial charge in [-0.3, -0.25) is 9.59 Å². The summed E-state index contributed by atoms with van der Waals surface area (Å²) in [5.74, 6) is 0.227. The molecule has 0 atom stereocenters. The van der Waals surface area contributed by atoms with Crippen LogP contribution >= 0.6 is 0 Å². The number of anilines is 2. The molecule has 2 amide bonds. The van der Waals surface area contributed by atoms with E-state index in [1.165, 1.54) is 0 Å². The van der Waals surface area contributed by atoms with E-state index in [0.717, 1.165) is 11.3 Å². The van der Waals surface area contributed by atoms with Crippen molar-refractivity contribution in [3.63, 3.8) is 0 Å². The van der Waals surface area contributed by atoms with E-state index in [1.807, 2.05) is 45.0 Å². The normalized spacial score (nSPS) is 10.5. The number of benzene rings is 3. The van der Waals surface area contributed by atoms with Crippen LogP contribution in [-0.2, 0) is 0 Å². The van der Waals surface area contributed by atoms with E-state index in [2.05, 4.69) is 10.6 Å². The molecule has 0 radical (unpaired) electrons. The van der Waals surface area contributed by atoms with Crippen LogP contribution in [0.5, 0.6) is 5.75 Å². The second-order valence-electron chi connectivity index (χ2n) is 7.05. The average molecular weight is 388 g/mol. The van der Waals surface area contributed by atoms with Gasteiger partial charge in [0.15, 0.2) is 0 Å². The topological polar surface area (TPSA) is 67.4 Å². The Bertz CT molecular complexity index is 1010. The number of rotatable bonds is 6. The van der Waals surface area contributed by atoms with Crippen molar-refractivity contribution in [1.82, 2.24) is 0 Å². The SMILES string of the molecule is Cc1cccc(NC(=O)c2cccc(NC(=O)c3ccc(OC(C)C)cc3)c2)c1. The summed E-state index contributed by atoms with van der Waals surface area (Å²) in [6.07, 6.45) is 0.0726. The molecule has 0 saturated carbocycles. The minimum Gasteiger partial charge on any atom is -0.491 e. The molecule has 0 saturated heterocycles. The van der Waals surface area contributed by atoms with Gasteiger partial charge in [-0.25, -0.2) is 0 Å². The summed E-state index contributed by atoms with van der Waals surface area (Å²) >= 11 is 0. The molecule has 3 rings (SSSR count). The summed E-state index contributed by atoms with van der Waals surface area (Å²) in [4.78, 5) is 25.0. The van der Waals surface area contributed by atoms with Gasteiger partial charge in [-0.2, -0.15) is 0 Å². The fourth-order valence-electron chi connectivity index (χ4n) is 2.82. The van der Waals surface area contributed by atoms with Crippen LogP contribution < -0.4 is 15.4 Å². The predicted molar refractivity (Wildman–Crippen MR) is 116 cm³/mol. The van der Waals surface area contributed by atoms with Crippen LogP contribution in [-0.4, -0.2) is 17.9 Å². The molecule has 0 aromatic heterocycles. The minimum atomic E-state index is -0.252. The zero-order chi connectivity index (χ0) is 20.8. The molecule has 3 aromatic carbocycles. The number of hydrogen-bond donors (Lipinski definition) is 2. The predicted octanol–water partition coefficient (Wildman–Crippen LogP) is 5.29. The quantitative estimate of drug-likeness (QED) is 0.603. The van der Waals surface area contributed by atoms with Crippen LogP contribution in [0.2, 0.25) is 0 Å². The van der Waals surface area contributed by atoms with Crippen molar-refractivity contribution in [3.05, 3.63) is 89.5 Å². The number of carbonyl (C=O) groups is 2. The van der Waals surface area contributed by atoms with Crippen molar-refractivity contribution in [3.8, 4) is 5.75 Å². The van der Waals surface area contributed by atoms with Crippen LogP contribution in [0.1, 0.15) is 40.1 Å². The smallest absolute Gasteiger partial charge is 0.255 e. The van der Waals surface area contributed by atoms with Crippen LogP contribution in [0.25, 0.3) is 0 Å². The largest absolute Gasteiger partial charge is 0.491 e. The number of ether oxygens (including phenoxy) is 1. The molecular formula is C24H24N2O3. The summed E-state index contributed by atoms with van der Waals surface area (Å²) in [7, 11) is 0. The molecule has 5 heteroatoms. The van der Waals surface area contributed by atoms with E-state index in [4.69, 9.17) is 4.74 Å². The fourth-order valence-corrected chi connectivity index (χ4v) is 2.82. The van der Waals surface area contributed by atoms with Crippen LogP contribution in [0.4, 0.5) is 11.4 Å². The van der Waals surface area contributed by atoms with E-state index in [1.54, 1.807) is 48.5 Å². The molecule has 0 aliphatic rings. The molecule has 3 aromatic rings. The summed E-state index contributed by atoms with van der Waals surface area (Å²) in [6, 6.07) is 21.4. The summed E-state index contributed by atoms with van der Waals surface area (Å²) < 4.78 is 5.59. The fraction of sp³-hybridized carbons (Fsp3) is 0.167. The standard InChI is InChI=1S/C24H24N2O3/c1-16(2)29-22-12-10-18(11-13-22)23(27)26-21-9-5-7-19(15-21)24(28)25-20-8-4-6-17(3)14-20/h4-16H,1-3H3,(H,25,28)(H,26,27). The first kappa shape index (κ1) is 20.1. The van der Waals surface area contributed by atoms with Gasteiger partial charge in [0, 0.05) is 22.5 Å². The third-order valence-corrected chi connectivity index (χ3v) is 4.15. The molecule has 0 heterocycles. The zero-order valence-electron chi connectivity index (χ0n) is 16.7. The maximum absolute atomic E-state index is 12.5. The van der Waals surface area contributed by atoms with Gasteiger partial charge in [0.05, 0.1) is 6.10 Å². The lowest BCUT2D eigenvalue weighted by molar-refractivity contribution is 0.101. The lowest BCUT2D eigenvalue weighted by atomic mass is 10.1. The Balaban J connectivity index is 1.67. The first-order chi connectivity index (χ1) is 13.9. The number of amides is 2. The first-order valence-electron chi connectivity index (χ1n) is 9.47. The third kappa shape index (κ3) is 5.69. The van der Waals surface area contributed by atoms with Gasteiger partial charge in [0.1, 0.15) is 5.75 Å². The zero-order valence-corrected chi connectivity index (χ0v) is 16.7. The van der Waals surface area contributed by atoms with Gasteiger partial charge in [0.2, 0.25) is 0 Å². The molecule has 29 heavy (non-hydrogen) atoms. The van der Waals surface area contributed by atoms with Crippen LogP contribution in [0.3, 0.4) is 0 Å². The Morgan fingerprint density at radius 3 is 1.97 bits per heavy atom. The molecule has 0 fully saturated rings. The van der Waals surface area contributed by atoms with Crippen LogP contribution in [0.15, 0.2) is 72.8 Å². The van der Waals surface area contributed by atoms with Gasteiger partial charge in [-0.05, 0) is 80.9 Å². The van der Waals surface area contributed by atoms with Gasteiger partial charge in [-0.15, -0.1) is 0 Å². The van der Waals surface area contributed by atoms with Gasteiger partial charge in [0.25, 0.3) is 11.8 Å². The minimum absolute atomic E-state index is 0.0726. The second kappa shape index (κ2) is 9.06. The van der Waals surface area contributed by atoms with E-state index >= 15 is 0 Å². The molecule has 0 spiro atoms. The second-order valence-corrected chi connectivity index (χ2v) is 7.05. The van der Waals surface area contributed by atoms with Crippen molar-refractivity contribution >= 4 is 23.2 Å². The first-order valence-corrected chi connectivity index (χ1v) is 9.47. The van der Waals surface area contributed by atoms with Crippen LogP contribution in [0, 0.1) is 6.92 Å². The number of hydrogen-bond acceptors (Lipinski definition) is 3. The summed E-state index contributed by atoms with van der Waals surface area (Å²) in [5.41, 5.74) is 3.32. The molecule has 2 N–H and O–H groups in total. The van der Waals surface area contributed by atoms with Crippen molar-refractivity contribution in [2.45, 2.75) is 26.9 Å². The van der Waals surface area contributed by atoms with Gasteiger partial charge in [-0.1, -0.05) is 18.2 Å². The van der Waals surface area contributed by atoms with E-state index in [-0.39, 0.29) is 17.9 Å². The van der Waals surface area contributed by atoms with Gasteiger partial charge < -0.3 is 15.4 Å². The van der Waals surface area contributed by atoms with Crippen molar-refractivity contribution in [2.75, 3.05) is 10.6 Å². The summed E-state index contributed by atoms with van der Waals surface area (Å²) in [5, 5.41) is 5.69. The van der Waals surface area contributed by atoms with Crippen molar-refractivity contribution in [2.24, 2.45) is 0 Å². The third-order valence-electron chi connectivity index (χ3n) is 4.15. The van der Waals surface area contributed by atoms with Crippen molar-refractivity contribution < 1.29 is 14.3 Å². The summed E-state index contributed by atoms with van der Waals surface area (Å²) in [6.45, 7) is 5.86. The number of aryl methyl sites for hydroxylation is 1. The highest BCUT2D eigenvalue weighted by molar-refractivity contribution is 6.07. The number of carbonyl (C=O) groups excluding carboxylic acids is 2. The monoisotopic (exact) mass is 388 g/mol. The van der Waals surface area contributed by atoms with E-state index < -0.39 is 0 Å². The lowest BCUT2D eigenvalue weighted by Gasteiger charge is -2.11. The molecule has 148 valence electrons. The maximum atomic E-state index is 12.5. The highest BCUT2D eigenvalue weighted by atomic mass is 16.5. The Labute approximate surface area is 170 Å². The average Bonchev–Trinajstić information content (AvgIpc) is 2.68. The Morgan fingerprint density at radius 2 is 1.34 bits per heavy atom. The lowest BCUT2D eigenvalue weighted by Crippen LogP contribution is -2.14. The van der Waals surface area contributed by atoms with E-state index in [0.29, 0.717) is 22.6 Å². The Hall–Kier alpha value is -3.60. The van der Waals surface area contributed by atoms with E-state index in [9.17, 15) is 9.59 Å². The Kier molecular flexibility index (Phi) is 6.29. The maximum Gasteiger partial charge on any atom is 0.255 e. The molecular weight excluding hydrogens is 364 g/mol. The van der Waals surface area contributed by atoms with Crippen molar-refractivity contribution in [1.29, 1.82) is 0 Å². The highest BCUT2D eigenvalue weighted by Gasteiger charge is 2.10. The molecule has 5 nitrogen and oxygen atoms in total. The molecule has 0 bridgehead atoms.